The second kappa shape index (κ2) is 9.39. The number of rotatable bonds is 7. The molecule has 27 heavy (non-hydrogen) atoms. The topological polar surface area (TPSA) is 57.7 Å². The Hall–Kier alpha value is -1.83. The van der Waals surface area contributed by atoms with Crippen molar-refractivity contribution in [3.05, 3.63) is 71.8 Å². The molecule has 0 atom stereocenters. The minimum atomic E-state index is -3.35. The van der Waals surface area contributed by atoms with Gasteiger partial charge in [0.2, 0.25) is 15.9 Å². The first-order valence-electron chi connectivity index (χ1n) is 8.96. The highest BCUT2D eigenvalue weighted by atomic mass is 32.2. The van der Waals surface area contributed by atoms with Gasteiger partial charge in [0.25, 0.3) is 0 Å². The summed E-state index contributed by atoms with van der Waals surface area (Å²) in [5.74, 6) is 1.31. The van der Waals surface area contributed by atoms with Crippen LogP contribution in [0.5, 0.6) is 0 Å². The van der Waals surface area contributed by atoms with Crippen LogP contribution in [0.1, 0.15) is 11.1 Å². The lowest BCUT2D eigenvalue weighted by Gasteiger charge is -2.34. The second-order valence-electron chi connectivity index (χ2n) is 6.50. The highest BCUT2D eigenvalue weighted by molar-refractivity contribution is 7.99. The van der Waals surface area contributed by atoms with Gasteiger partial charge in [-0.25, -0.2) is 8.42 Å². The maximum Gasteiger partial charge on any atom is 0.232 e. The van der Waals surface area contributed by atoms with E-state index in [0.717, 1.165) is 11.3 Å². The lowest BCUT2D eigenvalue weighted by Crippen LogP contribution is -2.51. The van der Waals surface area contributed by atoms with E-state index in [4.69, 9.17) is 0 Å². The van der Waals surface area contributed by atoms with Crippen LogP contribution in [0, 0.1) is 0 Å². The summed E-state index contributed by atoms with van der Waals surface area (Å²) < 4.78 is 26.7. The quantitative estimate of drug-likeness (QED) is 0.712. The Kier molecular flexibility index (Phi) is 6.93. The molecule has 1 heterocycles. The summed E-state index contributed by atoms with van der Waals surface area (Å²) >= 11 is 1.59. The molecule has 0 spiro atoms. The number of nitrogens with zero attached hydrogens (tertiary/aromatic N) is 2. The van der Waals surface area contributed by atoms with Gasteiger partial charge in [-0.3, -0.25) is 4.79 Å². The first-order chi connectivity index (χ1) is 13.0. The average Bonchev–Trinajstić information content (AvgIpc) is 2.69. The Morgan fingerprint density at radius 3 is 2.00 bits per heavy atom. The van der Waals surface area contributed by atoms with Crippen LogP contribution in [0.4, 0.5) is 0 Å². The summed E-state index contributed by atoms with van der Waals surface area (Å²) in [6.07, 6.45) is 0. The molecule has 2 aromatic carbocycles. The smallest absolute Gasteiger partial charge is 0.232 e. The van der Waals surface area contributed by atoms with Gasteiger partial charge in [0.15, 0.2) is 0 Å². The molecule has 2 aromatic rings. The predicted molar refractivity (Wildman–Crippen MR) is 110 cm³/mol. The first-order valence-corrected chi connectivity index (χ1v) is 11.7. The third kappa shape index (κ3) is 5.82. The van der Waals surface area contributed by atoms with Gasteiger partial charge in [0.05, 0.1) is 11.5 Å². The molecule has 0 aromatic heterocycles. The maximum atomic E-state index is 12.6. The molecule has 1 saturated heterocycles. The SMILES string of the molecule is O=C(CSCc1ccccc1)N1CCN(S(=O)(=O)Cc2ccccc2)CC1. The van der Waals surface area contributed by atoms with Gasteiger partial charge < -0.3 is 4.90 Å². The van der Waals surface area contributed by atoms with Crippen LogP contribution in [0.3, 0.4) is 0 Å². The number of hydrogen-bond donors (Lipinski definition) is 0. The van der Waals surface area contributed by atoms with Crippen LogP contribution in [0.2, 0.25) is 0 Å². The van der Waals surface area contributed by atoms with Gasteiger partial charge in [0.1, 0.15) is 0 Å². The van der Waals surface area contributed by atoms with Gasteiger partial charge in [-0.2, -0.15) is 4.31 Å². The van der Waals surface area contributed by atoms with Gasteiger partial charge >= 0.3 is 0 Å². The number of hydrogen-bond acceptors (Lipinski definition) is 4. The van der Waals surface area contributed by atoms with E-state index < -0.39 is 10.0 Å². The molecule has 3 rings (SSSR count). The van der Waals surface area contributed by atoms with E-state index in [1.807, 2.05) is 60.7 Å². The molecule has 144 valence electrons. The van der Waals surface area contributed by atoms with E-state index >= 15 is 0 Å². The average molecular weight is 405 g/mol. The van der Waals surface area contributed by atoms with Crippen LogP contribution >= 0.6 is 11.8 Å². The largest absolute Gasteiger partial charge is 0.339 e. The summed E-state index contributed by atoms with van der Waals surface area (Å²) in [6, 6.07) is 19.3. The molecule has 0 unspecified atom stereocenters. The molecular weight excluding hydrogens is 380 g/mol. The molecule has 0 bridgehead atoms. The zero-order valence-electron chi connectivity index (χ0n) is 15.2. The summed E-state index contributed by atoms with van der Waals surface area (Å²) in [7, 11) is -3.35. The number of carbonyl (C=O) groups is 1. The Labute approximate surface area is 165 Å². The van der Waals surface area contributed by atoms with Gasteiger partial charge in [-0.1, -0.05) is 60.7 Å². The Morgan fingerprint density at radius 2 is 1.41 bits per heavy atom. The van der Waals surface area contributed by atoms with Crippen molar-refractivity contribution >= 4 is 27.7 Å². The van der Waals surface area contributed by atoms with E-state index in [9.17, 15) is 13.2 Å². The Bertz CT molecular complexity index is 834. The van der Waals surface area contributed by atoms with Crippen LogP contribution in [0.15, 0.2) is 60.7 Å². The van der Waals surface area contributed by atoms with Crippen molar-refractivity contribution in [1.29, 1.82) is 0 Å². The monoisotopic (exact) mass is 404 g/mol. The van der Waals surface area contributed by atoms with Crippen molar-refractivity contribution in [1.82, 2.24) is 9.21 Å². The molecular formula is C20H24N2O3S2. The summed E-state index contributed by atoms with van der Waals surface area (Å²) in [5, 5.41) is 0. The number of benzene rings is 2. The van der Waals surface area contributed by atoms with Crippen LogP contribution in [-0.2, 0) is 26.3 Å². The fourth-order valence-corrected chi connectivity index (χ4v) is 5.42. The third-order valence-electron chi connectivity index (χ3n) is 4.51. The predicted octanol–water partition coefficient (Wildman–Crippen LogP) is 2.59. The zero-order valence-corrected chi connectivity index (χ0v) is 16.8. The standard InChI is InChI=1S/C20H24N2O3S2/c23-20(16-26-15-18-7-3-1-4-8-18)21-11-13-22(14-12-21)27(24,25)17-19-9-5-2-6-10-19/h1-10H,11-17H2. The fraction of sp³-hybridized carbons (Fsp3) is 0.350. The highest BCUT2D eigenvalue weighted by Crippen LogP contribution is 2.16. The van der Waals surface area contributed by atoms with Crippen molar-refractivity contribution in [2.75, 3.05) is 31.9 Å². The molecule has 7 heteroatoms. The number of sulfonamides is 1. The summed E-state index contributed by atoms with van der Waals surface area (Å²) in [4.78, 5) is 14.1. The molecule has 0 N–H and O–H groups in total. The van der Waals surface area contributed by atoms with Gasteiger partial charge in [-0.05, 0) is 11.1 Å². The highest BCUT2D eigenvalue weighted by Gasteiger charge is 2.28. The number of amides is 1. The molecule has 0 radical (unpaired) electrons. The van der Waals surface area contributed by atoms with E-state index in [2.05, 4.69) is 0 Å². The van der Waals surface area contributed by atoms with Gasteiger partial charge in [-0.15, -0.1) is 11.8 Å². The number of piperazine rings is 1. The Balaban J connectivity index is 1.44. The van der Waals surface area contributed by atoms with Crippen molar-refractivity contribution in [3.8, 4) is 0 Å². The minimum Gasteiger partial charge on any atom is -0.339 e. The first kappa shape index (κ1) is 19.9. The Morgan fingerprint density at radius 1 is 0.852 bits per heavy atom. The molecule has 5 nitrogen and oxygen atoms in total. The summed E-state index contributed by atoms with van der Waals surface area (Å²) in [5.41, 5.74) is 1.99. The van der Waals surface area contributed by atoms with E-state index in [0.29, 0.717) is 31.9 Å². The molecule has 1 fully saturated rings. The molecule has 0 aliphatic carbocycles. The van der Waals surface area contributed by atoms with E-state index in [1.54, 1.807) is 16.7 Å². The lowest BCUT2D eigenvalue weighted by molar-refractivity contribution is -0.129. The summed E-state index contributed by atoms with van der Waals surface area (Å²) in [6.45, 7) is 1.64. The van der Waals surface area contributed by atoms with E-state index in [1.165, 1.54) is 9.87 Å². The normalized spacial score (nSPS) is 15.6. The van der Waals surface area contributed by atoms with Crippen LogP contribution < -0.4 is 0 Å². The van der Waals surface area contributed by atoms with Crippen molar-refractivity contribution in [3.63, 3.8) is 0 Å². The molecule has 1 aliphatic heterocycles. The zero-order chi connectivity index (χ0) is 19.1. The minimum absolute atomic E-state index is 0.00864. The molecule has 0 saturated carbocycles. The van der Waals surface area contributed by atoms with Crippen molar-refractivity contribution in [2.24, 2.45) is 0 Å². The lowest BCUT2D eigenvalue weighted by atomic mass is 10.2. The molecule has 1 aliphatic rings. The van der Waals surface area contributed by atoms with Crippen LogP contribution in [-0.4, -0.2) is 55.5 Å². The van der Waals surface area contributed by atoms with Gasteiger partial charge in [0, 0.05) is 31.9 Å². The maximum absolute atomic E-state index is 12.6. The van der Waals surface area contributed by atoms with Crippen LogP contribution in [0.25, 0.3) is 0 Å². The number of carbonyl (C=O) groups excluding carboxylic acids is 1. The third-order valence-corrected chi connectivity index (χ3v) is 7.35. The fourth-order valence-electron chi connectivity index (χ4n) is 3.01. The second-order valence-corrected chi connectivity index (χ2v) is 9.45. The van der Waals surface area contributed by atoms with Crippen molar-refractivity contribution in [2.45, 2.75) is 11.5 Å². The number of thioether (sulfide) groups is 1. The van der Waals surface area contributed by atoms with E-state index in [-0.39, 0.29) is 11.7 Å². The van der Waals surface area contributed by atoms with Crippen molar-refractivity contribution < 1.29 is 13.2 Å². The molecule has 1 amide bonds.